The molecule has 1 atom stereocenters. The second-order valence-electron chi connectivity index (χ2n) is 7.92. The molecule has 3 aromatic carbocycles. The van der Waals surface area contributed by atoms with E-state index < -0.39 is 17.8 Å². The number of hydrogen-bond acceptors (Lipinski definition) is 3. The molecule has 0 fully saturated rings. The summed E-state index contributed by atoms with van der Waals surface area (Å²) in [6.45, 7) is 3.58. The standard InChI is InChI=1S/C27H29FN2O3/c1-19-10-9-15-25(20(19)2)33-18-26(31)30(17-22-13-7-8-14-23(22)28)24(27(32)29-3)16-21-11-5-4-6-12-21/h4-15,24H,16-18H2,1-3H3,(H,29,32)/t24-/m1/s1. The molecule has 0 heterocycles. The van der Waals surface area contributed by atoms with Crippen molar-refractivity contribution in [2.45, 2.75) is 32.9 Å². The topological polar surface area (TPSA) is 58.6 Å². The van der Waals surface area contributed by atoms with Crippen LogP contribution >= 0.6 is 0 Å². The predicted octanol–water partition coefficient (Wildman–Crippen LogP) is 4.21. The molecule has 2 amide bonds. The van der Waals surface area contributed by atoms with Crippen LogP contribution in [0.2, 0.25) is 0 Å². The Bertz CT molecular complexity index is 1100. The highest BCUT2D eigenvalue weighted by atomic mass is 19.1. The minimum atomic E-state index is -0.827. The van der Waals surface area contributed by atoms with E-state index >= 15 is 0 Å². The van der Waals surface area contributed by atoms with Crippen molar-refractivity contribution < 1.29 is 18.7 Å². The van der Waals surface area contributed by atoms with Crippen molar-refractivity contribution in [2.24, 2.45) is 0 Å². The monoisotopic (exact) mass is 448 g/mol. The Hall–Kier alpha value is -3.67. The maximum absolute atomic E-state index is 14.5. The third-order valence-corrected chi connectivity index (χ3v) is 5.72. The van der Waals surface area contributed by atoms with Crippen molar-refractivity contribution >= 4 is 11.8 Å². The van der Waals surface area contributed by atoms with E-state index in [0.29, 0.717) is 17.7 Å². The zero-order chi connectivity index (χ0) is 23.8. The molecule has 0 saturated carbocycles. The van der Waals surface area contributed by atoms with Crippen molar-refractivity contribution in [2.75, 3.05) is 13.7 Å². The van der Waals surface area contributed by atoms with Crippen LogP contribution in [0.3, 0.4) is 0 Å². The van der Waals surface area contributed by atoms with E-state index in [-0.39, 0.29) is 19.1 Å². The molecular weight excluding hydrogens is 419 g/mol. The summed E-state index contributed by atoms with van der Waals surface area (Å²) in [7, 11) is 1.53. The van der Waals surface area contributed by atoms with Gasteiger partial charge < -0.3 is 15.0 Å². The molecule has 1 N–H and O–H groups in total. The fourth-order valence-electron chi connectivity index (χ4n) is 3.63. The van der Waals surface area contributed by atoms with Crippen molar-refractivity contribution in [1.29, 1.82) is 0 Å². The first-order valence-corrected chi connectivity index (χ1v) is 10.9. The van der Waals surface area contributed by atoms with Gasteiger partial charge in [0.1, 0.15) is 17.6 Å². The predicted molar refractivity (Wildman–Crippen MR) is 126 cm³/mol. The Kier molecular flexibility index (Phi) is 8.19. The number of rotatable bonds is 9. The number of nitrogens with zero attached hydrogens (tertiary/aromatic N) is 1. The lowest BCUT2D eigenvalue weighted by molar-refractivity contribution is -0.142. The van der Waals surface area contributed by atoms with Gasteiger partial charge in [-0.2, -0.15) is 0 Å². The molecule has 3 rings (SSSR count). The normalized spacial score (nSPS) is 11.5. The van der Waals surface area contributed by atoms with Crippen LogP contribution in [-0.4, -0.2) is 36.4 Å². The lowest BCUT2D eigenvalue weighted by Crippen LogP contribution is -2.51. The second kappa shape index (κ2) is 11.3. The molecule has 0 saturated heterocycles. The minimum Gasteiger partial charge on any atom is -0.483 e. The molecule has 0 aliphatic heterocycles. The van der Waals surface area contributed by atoms with Crippen LogP contribution in [0.5, 0.6) is 5.75 Å². The number of aryl methyl sites for hydroxylation is 1. The Morgan fingerprint density at radius 2 is 1.67 bits per heavy atom. The van der Waals surface area contributed by atoms with Crippen molar-refractivity contribution in [3.63, 3.8) is 0 Å². The molecule has 172 valence electrons. The number of halogens is 1. The molecule has 0 spiro atoms. The van der Waals surface area contributed by atoms with Gasteiger partial charge in [0.2, 0.25) is 5.91 Å². The lowest BCUT2D eigenvalue weighted by atomic mass is 10.0. The second-order valence-corrected chi connectivity index (χ2v) is 7.92. The number of carbonyl (C=O) groups excluding carboxylic acids is 2. The van der Waals surface area contributed by atoms with Crippen molar-refractivity contribution in [3.05, 3.63) is 101 Å². The Morgan fingerprint density at radius 3 is 2.36 bits per heavy atom. The number of ether oxygens (including phenoxy) is 1. The minimum absolute atomic E-state index is 0.0490. The molecule has 5 nitrogen and oxygen atoms in total. The van der Waals surface area contributed by atoms with E-state index in [1.165, 1.54) is 18.0 Å². The Morgan fingerprint density at radius 1 is 0.970 bits per heavy atom. The summed E-state index contributed by atoms with van der Waals surface area (Å²) < 4.78 is 20.3. The smallest absolute Gasteiger partial charge is 0.261 e. The third kappa shape index (κ3) is 6.19. The molecule has 0 unspecified atom stereocenters. The van der Waals surface area contributed by atoms with Gasteiger partial charge in [-0.15, -0.1) is 0 Å². The van der Waals surface area contributed by atoms with Crippen LogP contribution in [0.4, 0.5) is 4.39 Å². The summed E-state index contributed by atoms with van der Waals surface area (Å²) >= 11 is 0. The van der Waals surface area contributed by atoms with Crippen LogP contribution in [0.25, 0.3) is 0 Å². The summed E-state index contributed by atoms with van der Waals surface area (Å²) in [6.07, 6.45) is 0.296. The van der Waals surface area contributed by atoms with Crippen LogP contribution in [0.1, 0.15) is 22.3 Å². The van der Waals surface area contributed by atoms with Gasteiger partial charge in [0.15, 0.2) is 6.61 Å². The average molecular weight is 449 g/mol. The largest absolute Gasteiger partial charge is 0.483 e. The van der Waals surface area contributed by atoms with Crippen LogP contribution in [0.15, 0.2) is 72.8 Å². The van der Waals surface area contributed by atoms with Gasteiger partial charge in [0.05, 0.1) is 0 Å². The molecule has 6 heteroatoms. The zero-order valence-corrected chi connectivity index (χ0v) is 19.2. The molecule has 0 radical (unpaired) electrons. The first-order chi connectivity index (χ1) is 15.9. The van der Waals surface area contributed by atoms with Crippen molar-refractivity contribution in [1.82, 2.24) is 10.2 Å². The van der Waals surface area contributed by atoms with Gasteiger partial charge in [-0.3, -0.25) is 9.59 Å². The first-order valence-electron chi connectivity index (χ1n) is 10.9. The van der Waals surface area contributed by atoms with E-state index in [1.807, 2.05) is 56.3 Å². The van der Waals surface area contributed by atoms with Gasteiger partial charge in [-0.05, 0) is 42.7 Å². The first kappa shape index (κ1) is 24.0. The maximum atomic E-state index is 14.5. The fourth-order valence-corrected chi connectivity index (χ4v) is 3.63. The fraction of sp³-hybridized carbons (Fsp3) is 0.259. The van der Waals surface area contributed by atoms with E-state index in [0.717, 1.165) is 16.7 Å². The van der Waals surface area contributed by atoms with Gasteiger partial charge in [-0.25, -0.2) is 4.39 Å². The number of carbonyl (C=O) groups is 2. The van der Waals surface area contributed by atoms with Gasteiger partial charge in [0, 0.05) is 25.6 Å². The molecule has 3 aromatic rings. The average Bonchev–Trinajstić information content (AvgIpc) is 2.83. The summed E-state index contributed by atoms with van der Waals surface area (Å²) in [5.41, 5.74) is 3.22. The highest BCUT2D eigenvalue weighted by Gasteiger charge is 2.30. The number of benzene rings is 3. The van der Waals surface area contributed by atoms with Crippen LogP contribution in [-0.2, 0) is 22.6 Å². The van der Waals surface area contributed by atoms with E-state index in [2.05, 4.69) is 5.32 Å². The summed E-state index contributed by atoms with van der Waals surface area (Å²) in [5.74, 6) is -0.547. The van der Waals surface area contributed by atoms with E-state index in [9.17, 15) is 14.0 Å². The Labute approximate surface area is 194 Å². The molecule has 0 aliphatic rings. The summed E-state index contributed by atoms with van der Waals surface area (Å²) in [4.78, 5) is 27.6. The van der Waals surface area contributed by atoms with E-state index in [1.54, 1.807) is 24.3 Å². The molecular formula is C27H29FN2O3. The van der Waals surface area contributed by atoms with E-state index in [4.69, 9.17) is 4.74 Å². The number of hydrogen-bond donors (Lipinski definition) is 1. The highest BCUT2D eigenvalue weighted by molar-refractivity contribution is 5.88. The molecule has 0 aromatic heterocycles. The zero-order valence-electron chi connectivity index (χ0n) is 19.2. The van der Waals surface area contributed by atoms with Crippen LogP contribution in [0, 0.1) is 19.7 Å². The van der Waals surface area contributed by atoms with Gasteiger partial charge in [-0.1, -0.05) is 60.7 Å². The molecule has 0 aliphatic carbocycles. The SMILES string of the molecule is CNC(=O)[C@@H](Cc1ccccc1)N(Cc1ccccc1F)C(=O)COc1cccc(C)c1C. The number of amides is 2. The quantitative estimate of drug-likeness (QED) is 0.534. The third-order valence-electron chi connectivity index (χ3n) is 5.72. The van der Waals surface area contributed by atoms with Crippen LogP contribution < -0.4 is 10.1 Å². The molecule has 33 heavy (non-hydrogen) atoms. The summed E-state index contributed by atoms with van der Waals surface area (Å²) in [6, 6.07) is 20.5. The number of nitrogens with one attached hydrogen (secondary N) is 1. The van der Waals surface area contributed by atoms with Gasteiger partial charge in [0.25, 0.3) is 5.91 Å². The lowest BCUT2D eigenvalue weighted by Gasteiger charge is -2.31. The maximum Gasteiger partial charge on any atom is 0.261 e. The molecule has 0 bridgehead atoms. The van der Waals surface area contributed by atoms with Gasteiger partial charge >= 0.3 is 0 Å². The summed E-state index contributed by atoms with van der Waals surface area (Å²) in [5, 5.41) is 2.64. The highest BCUT2D eigenvalue weighted by Crippen LogP contribution is 2.22. The van der Waals surface area contributed by atoms with Crippen molar-refractivity contribution in [3.8, 4) is 5.75 Å². The Balaban J connectivity index is 1.90. The number of likely N-dealkylation sites (N-methyl/N-ethyl adjacent to an activating group) is 1.